The van der Waals surface area contributed by atoms with Crippen LogP contribution in [0.4, 0.5) is 0 Å². The van der Waals surface area contributed by atoms with Crippen molar-refractivity contribution in [1.29, 1.82) is 0 Å². The van der Waals surface area contributed by atoms with Crippen molar-refractivity contribution in [1.82, 2.24) is 0 Å². The predicted molar refractivity (Wildman–Crippen MR) is 60.3 cm³/mol. The van der Waals surface area contributed by atoms with Crippen LogP contribution in [0, 0.1) is 13.8 Å². The number of hydrogen-bond donors (Lipinski definition) is 1. The van der Waals surface area contributed by atoms with Gasteiger partial charge in [0.15, 0.2) is 0 Å². The summed E-state index contributed by atoms with van der Waals surface area (Å²) in [5.41, 5.74) is 2.12. The van der Waals surface area contributed by atoms with Gasteiger partial charge < -0.3 is 9.84 Å². The number of methoxy groups -OCH3 is 1. The van der Waals surface area contributed by atoms with Crippen LogP contribution < -0.4 is 0 Å². The molecule has 1 N–H and O–H groups in total. The lowest BCUT2D eigenvalue weighted by Gasteiger charge is -2.06. The Kier molecular flexibility index (Phi) is 5.45. The van der Waals surface area contributed by atoms with Crippen molar-refractivity contribution in [3.8, 4) is 5.75 Å². The van der Waals surface area contributed by atoms with Crippen LogP contribution in [0.1, 0.15) is 35.3 Å². The van der Waals surface area contributed by atoms with E-state index in [1.165, 1.54) is 7.11 Å². The molecule has 0 amide bonds. The number of benzene rings is 1. The highest BCUT2D eigenvalue weighted by Crippen LogP contribution is 2.22. The molecule has 0 spiro atoms. The highest BCUT2D eigenvalue weighted by Gasteiger charge is 2.12. The van der Waals surface area contributed by atoms with Gasteiger partial charge in [-0.15, -0.1) is 0 Å². The Hall–Kier alpha value is -1.51. The first-order valence-electron chi connectivity index (χ1n) is 4.94. The summed E-state index contributed by atoms with van der Waals surface area (Å²) in [6.07, 6.45) is 0. The standard InChI is InChI=1S/C10H12O3.C2H6/c1-6-4-8(10(12)13-3)9(11)5-7(6)2;1-2/h4-5,11H,1-3H3;1-2H3. The number of ether oxygens (including phenoxy) is 1. The quantitative estimate of drug-likeness (QED) is 0.725. The number of phenolic OH excluding ortho intramolecular Hbond substituents is 1. The Bertz CT molecular complexity index is 343. The third-order valence-corrected chi connectivity index (χ3v) is 2.02. The Balaban J connectivity index is 0.000000921. The fourth-order valence-corrected chi connectivity index (χ4v) is 1.07. The third kappa shape index (κ3) is 3.27. The Morgan fingerprint density at radius 1 is 1.20 bits per heavy atom. The van der Waals surface area contributed by atoms with Gasteiger partial charge in [0.1, 0.15) is 11.3 Å². The van der Waals surface area contributed by atoms with Gasteiger partial charge in [-0.25, -0.2) is 4.79 Å². The van der Waals surface area contributed by atoms with Crippen LogP contribution in [-0.4, -0.2) is 18.2 Å². The molecular formula is C12H18O3. The summed E-state index contributed by atoms with van der Waals surface area (Å²) in [4.78, 5) is 11.1. The minimum absolute atomic E-state index is 0.0325. The van der Waals surface area contributed by atoms with Gasteiger partial charge in [0, 0.05) is 0 Å². The Morgan fingerprint density at radius 2 is 1.67 bits per heavy atom. The first-order valence-corrected chi connectivity index (χ1v) is 4.94. The molecule has 3 nitrogen and oxygen atoms in total. The molecule has 15 heavy (non-hydrogen) atoms. The maximum absolute atomic E-state index is 11.1. The second-order valence-corrected chi connectivity index (χ2v) is 2.95. The van der Waals surface area contributed by atoms with E-state index < -0.39 is 5.97 Å². The zero-order valence-corrected chi connectivity index (χ0v) is 9.92. The van der Waals surface area contributed by atoms with Crippen LogP contribution in [0.3, 0.4) is 0 Å². The van der Waals surface area contributed by atoms with E-state index in [1.54, 1.807) is 12.1 Å². The van der Waals surface area contributed by atoms with Gasteiger partial charge in [-0.05, 0) is 37.1 Å². The monoisotopic (exact) mass is 210 g/mol. The van der Waals surface area contributed by atoms with Crippen molar-refractivity contribution >= 4 is 5.97 Å². The van der Waals surface area contributed by atoms with Crippen molar-refractivity contribution in [2.45, 2.75) is 27.7 Å². The fraction of sp³-hybridized carbons (Fsp3) is 0.417. The number of rotatable bonds is 1. The summed E-state index contributed by atoms with van der Waals surface area (Å²) in [5, 5.41) is 9.42. The molecule has 0 saturated carbocycles. The van der Waals surface area contributed by atoms with Crippen molar-refractivity contribution in [3.05, 3.63) is 28.8 Å². The molecule has 1 rings (SSSR count). The minimum Gasteiger partial charge on any atom is -0.507 e. The first kappa shape index (κ1) is 13.5. The number of carbonyl (C=O) groups excluding carboxylic acids is 1. The van der Waals surface area contributed by atoms with Gasteiger partial charge in [-0.2, -0.15) is 0 Å². The summed E-state index contributed by atoms with van der Waals surface area (Å²) >= 11 is 0. The zero-order valence-electron chi connectivity index (χ0n) is 9.92. The van der Waals surface area contributed by atoms with Gasteiger partial charge in [0.25, 0.3) is 0 Å². The molecule has 0 aliphatic heterocycles. The number of hydrogen-bond acceptors (Lipinski definition) is 3. The van der Waals surface area contributed by atoms with E-state index in [4.69, 9.17) is 0 Å². The zero-order chi connectivity index (χ0) is 12.0. The number of aromatic hydroxyl groups is 1. The largest absolute Gasteiger partial charge is 0.507 e. The molecule has 0 aromatic heterocycles. The van der Waals surface area contributed by atoms with Crippen LogP contribution in [0.5, 0.6) is 5.75 Å². The van der Waals surface area contributed by atoms with Crippen LogP contribution in [0.2, 0.25) is 0 Å². The molecule has 84 valence electrons. The molecule has 3 heteroatoms. The second kappa shape index (κ2) is 6.06. The average Bonchev–Trinajstić information content (AvgIpc) is 2.25. The van der Waals surface area contributed by atoms with Gasteiger partial charge in [-0.1, -0.05) is 13.8 Å². The van der Waals surface area contributed by atoms with E-state index in [9.17, 15) is 9.90 Å². The summed E-state index contributed by atoms with van der Waals surface area (Å²) in [7, 11) is 1.29. The topological polar surface area (TPSA) is 46.5 Å². The second-order valence-electron chi connectivity index (χ2n) is 2.95. The summed E-state index contributed by atoms with van der Waals surface area (Å²) in [6.45, 7) is 7.75. The highest BCUT2D eigenvalue weighted by molar-refractivity contribution is 5.92. The van der Waals surface area contributed by atoms with Crippen LogP contribution in [0.15, 0.2) is 12.1 Å². The molecule has 0 unspecified atom stereocenters. The molecule has 0 aliphatic carbocycles. The first-order chi connectivity index (χ1) is 7.06. The van der Waals surface area contributed by atoms with E-state index in [-0.39, 0.29) is 11.3 Å². The normalized spacial score (nSPS) is 8.87. The molecule has 0 heterocycles. The SMILES string of the molecule is CC.COC(=O)c1cc(C)c(C)cc1O. The van der Waals surface area contributed by atoms with Gasteiger partial charge in [0.05, 0.1) is 7.11 Å². The van der Waals surface area contributed by atoms with Crippen molar-refractivity contribution in [3.63, 3.8) is 0 Å². The maximum Gasteiger partial charge on any atom is 0.341 e. The summed E-state index contributed by atoms with van der Waals surface area (Å²) in [6, 6.07) is 3.18. The minimum atomic E-state index is -0.513. The number of carbonyl (C=O) groups is 1. The van der Waals surface area contributed by atoms with Gasteiger partial charge in [-0.3, -0.25) is 0 Å². The lowest BCUT2D eigenvalue weighted by molar-refractivity contribution is 0.0597. The van der Waals surface area contributed by atoms with Crippen LogP contribution in [0.25, 0.3) is 0 Å². The van der Waals surface area contributed by atoms with Crippen LogP contribution >= 0.6 is 0 Å². The molecule has 0 aliphatic rings. The molecule has 0 bridgehead atoms. The van der Waals surface area contributed by atoms with Crippen molar-refractivity contribution in [2.24, 2.45) is 0 Å². The van der Waals surface area contributed by atoms with E-state index >= 15 is 0 Å². The molecule has 0 fully saturated rings. The Morgan fingerprint density at radius 3 is 2.13 bits per heavy atom. The fourth-order valence-electron chi connectivity index (χ4n) is 1.07. The third-order valence-electron chi connectivity index (χ3n) is 2.02. The molecule has 1 aromatic carbocycles. The van der Waals surface area contributed by atoms with E-state index in [0.717, 1.165) is 11.1 Å². The van der Waals surface area contributed by atoms with E-state index in [1.807, 2.05) is 27.7 Å². The molecule has 1 aromatic rings. The van der Waals surface area contributed by atoms with Gasteiger partial charge in [0.2, 0.25) is 0 Å². The number of phenols is 1. The average molecular weight is 210 g/mol. The summed E-state index contributed by atoms with van der Waals surface area (Å²) < 4.78 is 4.51. The molecule has 0 radical (unpaired) electrons. The molecular weight excluding hydrogens is 192 g/mol. The lowest BCUT2D eigenvalue weighted by atomic mass is 10.1. The predicted octanol–water partition coefficient (Wildman–Crippen LogP) is 2.82. The molecule has 0 saturated heterocycles. The summed E-state index contributed by atoms with van der Waals surface area (Å²) in [5.74, 6) is -0.546. The molecule has 0 atom stereocenters. The van der Waals surface area contributed by atoms with Crippen LogP contribution in [-0.2, 0) is 4.74 Å². The number of esters is 1. The highest BCUT2D eigenvalue weighted by atomic mass is 16.5. The smallest absolute Gasteiger partial charge is 0.341 e. The van der Waals surface area contributed by atoms with E-state index in [0.29, 0.717) is 0 Å². The van der Waals surface area contributed by atoms with Crippen molar-refractivity contribution in [2.75, 3.05) is 7.11 Å². The van der Waals surface area contributed by atoms with Gasteiger partial charge >= 0.3 is 5.97 Å². The number of aryl methyl sites for hydroxylation is 2. The van der Waals surface area contributed by atoms with Crippen molar-refractivity contribution < 1.29 is 14.6 Å². The Labute approximate surface area is 90.7 Å². The van der Waals surface area contributed by atoms with E-state index in [2.05, 4.69) is 4.74 Å². The maximum atomic E-state index is 11.1. The lowest BCUT2D eigenvalue weighted by Crippen LogP contribution is -2.02.